The number of benzene rings is 7. The van der Waals surface area contributed by atoms with Crippen LogP contribution in [-0.4, -0.2) is 0 Å². The molecule has 3 saturated carbocycles. The van der Waals surface area contributed by atoms with Gasteiger partial charge in [-0.05, 0) is 185 Å². The van der Waals surface area contributed by atoms with Crippen molar-refractivity contribution in [3.8, 4) is 11.1 Å². The first-order valence-corrected chi connectivity index (χ1v) is 23.3. The lowest BCUT2D eigenvalue weighted by atomic mass is 9.68. The second-order valence-electron chi connectivity index (χ2n) is 20.0. The van der Waals surface area contributed by atoms with Gasteiger partial charge in [0.2, 0.25) is 0 Å². The van der Waals surface area contributed by atoms with Crippen molar-refractivity contribution in [3.05, 3.63) is 203 Å². The van der Waals surface area contributed by atoms with Gasteiger partial charge in [-0.15, -0.1) is 0 Å². The maximum absolute atomic E-state index is 2.62. The van der Waals surface area contributed by atoms with Crippen LogP contribution < -0.4 is 9.80 Å². The Morgan fingerprint density at radius 2 is 1.02 bits per heavy atom. The molecule has 6 aliphatic rings. The maximum Gasteiger partial charge on any atom is 0.0505 e. The van der Waals surface area contributed by atoms with E-state index in [1.165, 1.54) is 106 Å². The molecule has 6 unspecified atom stereocenters. The van der Waals surface area contributed by atoms with Crippen LogP contribution in [0.4, 0.5) is 34.1 Å². The summed E-state index contributed by atoms with van der Waals surface area (Å²) >= 11 is 0. The van der Waals surface area contributed by atoms with E-state index in [0.29, 0.717) is 11.8 Å². The Morgan fingerprint density at radius 3 is 1.62 bits per heavy atom. The predicted molar refractivity (Wildman–Crippen MR) is 252 cm³/mol. The van der Waals surface area contributed by atoms with Gasteiger partial charge < -0.3 is 9.80 Å². The Morgan fingerprint density at radius 1 is 0.459 bits per heavy atom. The van der Waals surface area contributed by atoms with E-state index >= 15 is 0 Å². The van der Waals surface area contributed by atoms with Crippen molar-refractivity contribution in [2.24, 2.45) is 23.7 Å². The molecule has 2 nitrogen and oxygen atoms in total. The molecule has 3 fully saturated rings. The average molecular weight is 791 g/mol. The third-order valence-electron chi connectivity index (χ3n) is 16.8. The summed E-state index contributed by atoms with van der Waals surface area (Å²) in [5.41, 5.74) is 20.8. The normalized spacial score (nSPS) is 25.4. The highest BCUT2D eigenvalue weighted by Gasteiger charge is 2.62. The molecule has 6 aliphatic carbocycles. The fourth-order valence-corrected chi connectivity index (χ4v) is 14.4. The Hall–Kier alpha value is -5.86. The summed E-state index contributed by atoms with van der Waals surface area (Å²) in [6.45, 7) is 4.81. The van der Waals surface area contributed by atoms with Crippen molar-refractivity contribution in [2.75, 3.05) is 9.80 Å². The minimum absolute atomic E-state index is 0.0849. The molecular formula is C59H54N2. The van der Waals surface area contributed by atoms with Gasteiger partial charge in [-0.2, -0.15) is 0 Å². The van der Waals surface area contributed by atoms with Gasteiger partial charge in [-0.3, -0.25) is 0 Å². The minimum atomic E-state index is -0.0901. The highest BCUT2D eigenvalue weighted by molar-refractivity contribution is 5.89. The first kappa shape index (κ1) is 35.9. The predicted octanol–water partition coefficient (Wildman–Crippen LogP) is 15.3. The lowest BCUT2D eigenvalue weighted by Crippen LogP contribution is -2.34. The van der Waals surface area contributed by atoms with Gasteiger partial charge in [0.05, 0.1) is 11.4 Å². The fourth-order valence-electron chi connectivity index (χ4n) is 14.4. The lowest BCUT2D eigenvalue weighted by Gasteiger charge is -2.40. The Bertz CT molecular complexity index is 2830. The van der Waals surface area contributed by atoms with Crippen molar-refractivity contribution >= 4 is 34.1 Å². The number of hydrogen-bond acceptors (Lipinski definition) is 2. The summed E-state index contributed by atoms with van der Waals surface area (Å²) < 4.78 is 0. The summed E-state index contributed by atoms with van der Waals surface area (Å²) in [5, 5.41) is 0. The van der Waals surface area contributed by atoms with Crippen LogP contribution in [0.15, 0.2) is 164 Å². The number of anilines is 6. The van der Waals surface area contributed by atoms with Crippen LogP contribution >= 0.6 is 0 Å². The lowest BCUT2D eigenvalue weighted by molar-refractivity contribution is 0.350. The summed E-state index contributed by atoms with van der Waals surface area (Å²) in [6, 6.07) is 63.2. The van der Waals surface area contributed by atoms with Crippen LogP contribution in [0.5, 0.6) is 0 Å². The molecule has 2 bridgehead atoms. The van der Waals surface area contributed by atoms with Crippen molar-refractivity contribution in [3.63, 3.8) is 0 Å². The largest absolute Gasteiger partial charge is 0.310 e. The van der Waals surface area contributed by atoms with E-state index in [9.17, 15) is 0 Å². The first-order valence-electron chi connectivity index (χ1n) is 23.3. The van der Waals surface area contributed by atoms with Crippen LogP contribution in [0.1, 0.15) is 97.2 Å². The van der Waals surface area contributed by atoms with E-state index in [0.717, 1.165) is 30.6 Å². The van der Waals surface area contributed by atoms with Crippen molar-refractivity contribution in [1.29, 1.82) is 0 Å². The summed E-state index contributed by atoms with van der Waals surface area (Å²) in [5.74, 6) is 3.66. The maximum atomic E-state index is 2.62. The monoisotopic (exact) mass is 790 g/mol. The third-order valence-corrected chi connectivity index (χ3v) is 16.8. The van der Waals surface area contributed by atoms with Gasteiger partial charge in [0.15, 0.2) is 0 Å². The molecule has 2 heteroatoms. The fraction of sp³-hybridized carbons (Fsp3) is 0.288. The van der Waals surface area contributed by atoms with Crippen molar-refractivity contribution in [1.82, 2.24) is 0 Å². The number of fused-ring (bicyclic) bond motifs is 7. The van der Waals surface area contributed by atoms with E-state index in [-0.39, 0.29) is 10.8 Å². The molecular weight excluding hydrogens is 737 g/mol. The van der Waals surface area contributed by atoms with E-state index in [1.807, 2.05) is 0 Å². The van der Waals surface area contributed by atoms with Gasteiger partial charge in [-0.1, -0.05) is 123 Å². The second-order valence-corrected chi connectivity index (χ2v) is 20.0. The van der Waals surface area contributed by atoms with Gasteiger partial charge in [0.25, 0.3) is 0 Å². The zero-order chi connectivity index (χ0) is 40.5. The molecule has 0 amide bonds. The number of para-hydroxylation sites is 2. The van der Waals surface area contributed by atoms with Crippen LogP contribution in [0.25, 0.3) is 11.1 Å². The molecule has 300 valence electrons. The van der Waals surface area contributed by atoms with E-state index in [4.69, 9.17) is 0 Å². The summed E-state index contributed by atoms with van der Waals surface area (Å²) in [7, 11) is 0. The Balaban J connectivity index is 1.00. The molecule has 61 heavy (non-hydrogen) atoms. The van der Waals surface area contributed by atoms with Crippen molar-refractivity contribution < 1.29 is 0 Å². The van der Waals surface area contributed by atoms with Crippen LogP contribution in [0.2, 0.25) is 0 Å². The summed E-state index contributed by atoms with van der Waals surface area (Å²) in [6.07, 6.45) is 10.5. The van der Waals surface area contributed by atoms with Crippen LogP contribution in [0.3, 0.4) is 0 Å². The number of rotatable bonds is 7. The molecule has 0 radical (unpaired) electrons. The molecule has 0 heterocycles. The topological polar surface area (TPSA) is 6.48 Å². The highest BCUT2D eigenvalue weighted by atomic mass is 15.2. The quantitative estimate of drug-likeness (QED) is 0.159. The van der Waals surface area contributed by atoms with Gasteiger partial charge in [-0.25, -0.2) is 0 Å². The zero-order valence-electron chi connectivity index (χ0n) is 35.5. The van der Waals surface area contributed by atoms with Gasteiger partial charge >= 0.3 is 0 Å². The third kappa shape index (κ3) is 5.08. The Kier molecular flexibility index (Phi) is 7.83. The highest BCUT2D eigenvalue weighted by Crippen LogP contribution is 2.69. The van der Waals surface area contributed by atoms with Crippen LogP contribution in [-0.2, 0) is 23.7 Å². The first-order chi connectivity index (χ1) is 30.0. The zero-order valence-corrected chi connectivity index (χ0v) is 35.5. The molecule has 0 N–H and O–H groups in total. The van der Waals surface area contributed by atoms with Gasteiger partial charge in [0.1, 0.15) is 0 Å². The smallest absolute Gasteiger partial charge is 0.0505 e. The molecule has 1 spiro atoms. The SMILES string of the molecule is CC1(C)c2ccccc2-c2ccc(N(c3ccccc3)c3cccc4c3C35c6c(cccc6N(c6ccccc6)c6ccc(C7CC8CCC7C8)cc6)CC3CCC5C4)cc21. The molecule has 13 rings (SSSR count). The van der Waals surface area contributed by atoms with E-state index in [1.54, 1.807) is 16.7 Å². The average Bonchev–Trinajstić information content (AvgIpc) is 4.16. The number of hydrogen-bond donors (Lipinski definition) is 0. The molecule has 7 aromatic carbocycles. The van der Waals surface area contributed by atoms with Crippen LogP contribution in [0, 0.1) is 23.7 Å². The van der Waals surface area contributed by atoms with Gasteiger partial charge in [0, 0.05) is 33.6 Å². The van der Waals surface area contributed by atoms with E-state index in [2.05, 4.69) is 187 Å². The minimum Gasteiger partial charge on any atom is -0.310 e. The molecule has 0 aliphatic heterocycles. The molecule has 0 saturated heterocycles. The van der Waals surface area contributed by atoms with Crippen molar-refractivity contribution in [2.45, 2.75) is 82.0 Å². The Labute approximate surface area is 361 Å². The second kappa shape index (κ2) is 13.3. The molecule has 6 atom stereocenters. The molecule has 0 aromatic heterocycles. The number of nitrogens with zero attached hydrogens (tertiary/aromatic N) is 2. The summed E-state index contributed by atoms with van der Waals surface area (Å²) in [4.78, 5) is 5.24. The molecule has 7 aromatic rings. The standard InChI is InChI=1S/C59H54N2/c1-58(2)52-20-10-9-19-49(52)50-32-31-48(37-53(50)58)61(46-17-7-4-8-18-46)55-22-12-14-42-36-44-28-27-43-35-41-13-11-21-54(56(41)59(43,44)57(42)55)60(45-15-5-3-6-16-45)47-29-25-39(26-30-47)51-34-38-23-24-40(51)33-38/h3-22,25-26,29-32,37-38,40,43-44,51H,23-24,27-28,33-36H2,1-2H3. The van der Waals surface area contributed by atoms with E-state index < -0.39 is 0 Å².